The average Bonchev–Trinajstić information content (AvgIpc) is 3.33. The Labute approximate surface area is 177 Å². The van der Waals surface area contributed by atoms with Gasteiger partial charge in [0.25, 0.3) is 11.8 Å². The van der Waals surface area contributed by atoms with Crippen molar-refractivity contribution in [2.75, 3.05) is 19.6 Å². The maximum absolute atomic E-state index is 12.4. The van der Waals surface area contributed by atoms with Crippen LogP contribution >= 0.6 is 0 Å². The summed E-state index contributed by atoms with van der Waals surface area (Å²) >= 11 is 0. The number of nitrogens with zero attached hydrogens (tertiary/aromatic N) is 5. The zero-order valence-corrected chi connectivity index (χ0v) is 16.6. The minimum absolute atomic E-state index is 0.0123. The van der Waals surface area contributed by atoms with Crippen molar-refractivity contribution in [3.63, 3.8) is 0 Å². The monoisotopic (exact) mass is 417 g/mol. The average molecular weight is 417 g/mol. The molecule has 2 aliphatic rings. The minimum Gasteiger partial charge on any atom is -0.341 e. The number of carbonyl (C=O) groups is 3. The van der Waals surface area contributed by atoms with Crippen LogP contribution in [0.5, 0.6) is 0 Å². The van der Waals surface area contributed by atoms with E-state index in [2.05, 4.69) is 15.1 Å². The number of hydrogen-bond acceptors (Lipinski definition) is 7. The highest BCUT2D eigenvalue weighted by Gasteiger charge is 2.37. The third-order valence-electron chi connectivity index (χ3n) is 5.61. The third kappa shape index (κ3) is 3.48. The molecule has 0 spiro atoms. The van der Waals surface area contributed by atoms with Crippen molar-refractivity contribution in [3.8, 4) is 11.4 Å². The fourth-order valence-electron chi connectivity index (χ4n) is 3.85. The van der Waals surface area contributed by atoms with Crippen LogP contribution in [-0.4, -0.2) is 62.3 Å². The molecule has 0 radical (unpaired) electrons. The lowest BCUT2D eigenvalue weighted by molar-refractivity contribution is -0.136. The van der Waals surface area contributed by atoms with Crippen LogP contribution < -0.4 is 0 Å². The third-order valence-corrected chi connectivity index (χ3v) is 5.61. The first kappa shape index (κ1) is 19.1. The first-order valence-corrected chi connectivity index (χ1v) is 10.1. The Morgan fingerprint density at radius 3 is 2.39 bits per heavy atom. The fourth-order valence-corrected chi connectivity index (χ4v) is 3.85. The zero-order valence-electron chi connectivity index (χ0n) is 16.6. The molecule has 0 N–H and O–H groups in total. The fraction of sp³-hybridized carbons (Fsp3) is 0.273. The molecule has 3 amide bonds. The number of likely N-dealkylation sites (tertiary alicyclic amines) is 1. The Balaban J connectivity index is 1.10. The van der Waals surface area contributed by atoms with Crippen molar-refractivity contribution in [1.29, 1.82) is 0 Å². The molecule has 1 aromatic carbocycles. The molecule has 3 aromatic rings. The van der Waals surface area contributed by atoms with Gasteiger partial charge in [-0.05, 0) is 30.7 Å². The SMILES string of the molecule is O=C(CCCN1C(=O)c2ccccc2C1=O)N1CC(c2nc(-c3ccncc3)no2)C1. The zero-order chi connectivity index (χ0) is 21.4. The van der Waals surface area contributed by atoms with E-state index in [1.165, 1.54) is 4.90 Å². The summed E-state index contributed by atoms with van der Waals surface area (Å²) in [6.07, 6.45) is 4.03. The number of fused-ring (bicyclic) bond motifs is 1. The van der Waals surface area contributed by atoms with E-state index in [0.29, 0.717) is 42.4 Å². The minimum atomic E-state index is -0.293. The van der Waals surface area contributed by atoms with E-state index in [-0.39, 0.29) is 36.6 Å². The number of benzene rings is 1. The van der Waals surface area contributed by atoms with Crippen molar-refractivity contribution >= 4 is 17.7 Å². The quantitative estimate of drug-likeness (QED) is 0.565. The van der Waals surface area contributed by atoms with Crippen molar-refractivity contribution in [2.24, 2.45) is 0 Å². The largest absolute Gasteiger partial charge is 0.341 e. The molecule has 5 rings (SSSR count). The van der Waals surface area contributed by atoms with Gasteiger partial charge in [0, 0.05) is 44.0 Å². The Bertz CT molecular complexity index is 1120. The number of amides is 3. The Morgan fingerprint density at radius 1 is 1.03 bits per heavy atom. The van der Waals surface area contributed by atoms with E-state index in [1.54, 1.807) is 53.7 Å². The van der Waals surface area contributed by atoms with Crippen LogP contribution in [0, 0.1) is 0 Å². The van der Waals surface area contributed by atoms with Crippen LogP contribution in [0.1, 0.15) is 45.4 Å². The summed E-state index contributed by atoms with van der Waals surface area (Å²) in [7, 11) is 0. The highest BCUT2D eigenvalue weighted by atomic mass is 16.5. The number of pyridine rings is 1. The van der Waals surface area contributed by atoms with Gasteiger partial charge in [0.15, 0.2) is 0 Å². The first-order chi connectivity index (χ1) is 15.1. The lowest BCUT2D eigenvalue weighted by Gasteiger charge is -2.37. The second-order valence-corrected chi connectivity index (χ2v) is 7.60. The predicted octanol–water partition coefficient (Wildman–Crippen LogP) is 2.13. The molecule has 9 heteroatoms. The normalized spacial score (nSPS) is 15.9. The van der Waals surface area contributed by atoms with Gasteiger partial charge in [0.1, 0.15) is 0 Å². The van der Waals surface area contributed by atoms with Crippen molar-refractivity contribution in [1.82, 2.24) is 24.9 Å². The second-order valence-electron chi connectivity index (χ2n) is 7.60. The maximum Gasteiger partial charge on any atom is 0.261 e. The number of hydrogen-bond donors (Lipinski definition) is 0. The van der Waals surface area contributed by atoms with E-state index in [0.717, 1.165) is 5.56 Å². The number of rotatable bonds is 6. The molecule has 0 atom stereocenters. The van der Waals surface area contributed by atoms with E-state index in [4.69, 9.17) is 4.52 Å². The summed E-state index contributed by atoms with van der Waals surface area (Å²) in [4.78, 5) is 48.5. The van der Waals surface area contributed by atoms with Crippen molar-refractivity contribution in [3.05, 3.63) is 65.8 Å². The molecular weight excluding hydrogens is 398 g/mol. The second kappa shape index (κ2) is 7.75. The first-order valence-electron chi connectivity index (χ1n) is 10.1. The molecule has 4 heterocycles. The summed E-state index contributed by atoms with van der Waals surface area (Å²) in [6, 6.07) is 10.4. The molecule has 1 fully saturated rings. The van der Waals surface area contributed by atoms with E-state index >= 15 is 0 Å². The molecule has 1 saturated heterocycles. The molecule has 2 aliphatic heterocycles. The number of carbonyl (C=O) groups excluding carboxylic acids is 3. The summed E-state index contributed by atoms with van der Waals surface area (Å²) in [5.41, 5.74) is 1.68. The summed E-state index contributed by atoms with van der Waals surface area (Å²) in [5.74, 6) is 0.437. The van der Waals surface area contributed by atoms with Crippen LogP contribution in [0.4, 0.5) is 0 Å². The van der Waals surface area contributed by atoms with Gasteiger partial charge >= 0.3 is 0 Å². The summed E-state index contributed by atoms with van der Waals surface area (Å²) in [5, 5.41) is 4.00. The van der Waals surface area contributed by atoms with Gasteiger partial charge in [-0.1, -0.05) is 17.3 Å². The summed E-state index contributed by atoms with van der Waals surface area (Å²) < 4.78 is 5.35. The molecule has 9 nitrogen and oxygen atoms in total. The number of aromatic nitrogens is 3. The van der Waals surface area contributed by atoms with Crippen LogP contribution in [0.15, 0.2) is 53.3 Å². The van der Waals surface area contributed by atoms with Gasteiger partial charge in [-0.25, -0.2) is 0 Å². The van der Waals surface area contributed by atoms with Crippen molar-refractivity contribution in [2.45, 2.75) is 18.8 Å². The highest BCUT2D eigenvalue weighted by Crippen LogP contribution is 2.28. The summed E-state index contributed by atoms with van der Waals surface area (Å²) in [6.45, 7) is 1.27. The van der Waals surface area contributed by atoms with Crippen molar-refractivity contribution < 1.29 is 18.9 Å². The van der Waals surface area contributed by atoms with Gasteiger partial charge in [-0.15, -0.1) is 0 Å². The highest BCUT2D eigenvalue weighted by molar-refractivity contribution is 6.21. The molecule has 156 valence electrons. The molecule has 0 aliphatic carbocycles. The Hall–Kier alpha value is -3.88. The van der Waals surface area contributed by atoms with Gasteiger partial charge in [-0.3, -0.25) is 24.3 Å². The molecule has 0 bridgehead atoms. The van der Waals surface area contributed by atoms with Gasteiger partial charge < -0.3 is 9.42 Å². The topological polar surface area (TPSA) is 110 Å². The molecular formula is C22H19N5O4. The predicted molar refractivity (Wildman–Crippen MR) is 108 cm³/mol. The van der Waals surface area contributed by atoms with Gasteiger partial charge in [0.2, 0.25) is 17.6 Å². The van der Waals surface area contributed by atoms with Crippen LogP contribution in [0.3, 0.4) is 0 Å². The molecule has 31 heavy (non-hydrogen) atoms. The van der Waals surface area contributed by atoms with Crippen LogP contribution in [-0.2, 0) is 4.79 Å². The van der Waals surface area contributed by atoms with Crippen LogP contribution in [0.25, 0.3) is 11.4 Å². The Morgan fingerprint density at radius 2 is 1.71 bits per heavy atom. The van der Waals surface area contributed by atoms with E-state index in [1.807, 2.05) is 0 Å². The van der Waals surface area contributed by atoms with E-state index < -0.39 is 0 Å². The molecule has 0 saturated carbocycles. The maximum atomic E-state index is 12.4. The molecule has 2 aromatic heterocycles. The lowest BCUT2D eigenvalue weighted by Crippen LogP contribution is -2.48. The Kier molecular flexibility index (Phi) is 4.78. The van der Waals surface area contributed by atoms with E-state index in [9.17, 15) is 14.4 Å². The van der Waals surface area contributed by atoms with Gasteiger partial charge in [-0.2, -0.15) is 4.98 Å². The smallest absolute Gasteiger partial charge is 0.261 e. The van der Waals surface area contributed by atoms with Gasteiger partial charge in [0.05, 0.1) is 17.0 Å². The lowest BCUT2D eigenvalue weighted by atomic mass is 9.99. The standard InChI is InChI=1S/C22H19N5O4/c28-18(6-3-11-27-21(29)16-4-1-2-5-17(16)22(27)30)26-12-15(13-26)20-24-19(25-31-20)14-7-9-23-10-8-14/h1-2,4-5,7-10,15H,3,6,11-13H2. The van der Waals surface area contributed by atoms with Crippen LogP contribution in [0.2, 0.25) is 0 Å². The molecule has 0 unspecified atom stereocenters. The number of imide groups is 1.